The predicted octanol–water partition coefficient (Wildman–Crippen LogP) is 6.30. The fourth-order valence-corrected chi connectivity index (χ4v) is 3.01. The first-order valence-corrected chi connectivity index (χ1v) is 6.34. The molecule has 7 heteroatoms. The zero-order chi connectivity index (χ0) is 11.8. The van der Waals surface area contributed by atoms with E-state index in [9.17, 15) is 0 Å². The first-order chi connectivity index (χ1) is 6.75. The van der Waals surface area contributed by atoms with Gasteiger partial charge in [0.2, 0.25) is 3.79 Å². The Morgan fingerprint density at radius 1 is 1.00 bits per heavy atom. The van der Waals surface area contributed by atoms with Crippen LogP contribution in [0.5, 0.6) is 0 Å². The van der Waals surface area contributed by atoms with Gasteiger partial charge in [-0.2, -0.15) is 0 Å². The standard InChI is InChI=1S/C8H3Cl7/c9-4-2-1-3(8(13,14)15)6(10)5(4)7(11)12/h1-2,7H. The van der Waals surface area contributed by atoms with Crippen LogP contribution in [0.2, 0.25) is 10.0 Å². The van der Waals surface area contributed by atoms with E-state index in [0.717, 1.165) is 0 Å². The van der Waals surface area contributed by atoms with Crippen LogP contribution in [-0.2, 0) is 3.79 Å². The fraction of sp³-hybridized carbons (Fsp3) is 0.250. The highest BCUT2D eigenvalue weighted by molar-refractivity contribution is 6.67. The van der Waals surface area contributed by atoms with Crippen LogP contribution in [0.25, 0.3) is 0 Å². The highest BCUT2D eigenvalue weighted by atomic mass is 35.6. The molecule has 1 rings (SSSR count). The molecule has 1 aromatic rings. The van der Waals surface area contributed by atoms with Gasteiger partial charge in [-0.3, -0.25) is 0 Å². The minimum Gasteiger partial charge on any atom is -0.0999 e. The summed E-state index contributed by atoms with van der Waals surface area (Å²) in [5.74, 6) is 0. The second kappa shape index (κ2) is 5.27. The smallest absolute Gasteiger partial charge is 0.0999 e. The molecule has 0 atom stereocenters. The maximum atomic E-state index is 5.99. The minimum atomic E-state index is -1.64. The van der Waals surface area contributed by atoms with Crippen molar-refractivity contribution in [1.29, 1.82) is 0 Å². The van der Waals surface area contributed by atoms with Gasteiger partial charge in [0.1, 0.15) is 4.84 Å². The Hall–Kier alpha value is 1.25. The Balaban J connectivity index is 3.42. The summed E-state index contributed by atoms with van der Waals surface area (Å²) in [6.45, 7) is 0. The lowest BCUT2D eigenvalue weighted by Gasteiger charge is -2.17. The molecule has 0 aliphatic rings. The molecule has 0 bridgehead atoms. The number of hydrogen-bond donors (Lipinski definition) is 0. The summed E-state index contributed by atoms with van der Waals surface area (Å²) < 4.78 is -1.64. The van der Waals surface area contributed by atoms with Crippen molar-refractivity contribution < 1.29 is 0 Å². The van der Waals surface area contributed by atoms with E-state index in [1.807, 2.05) is 0 Å². The molecule has 84 valence electrons. The summed E-state index contributed by atoms with van der Waals surface area (Å²) in [5.41, 5.74) is 0.630. The summed E-state index contributed by atoms with van der Waals surface area (Å²) >= 11 is 40.4. The van der Waals surface area contributed by atoms with Gasteiger partial charge in [-0.25, -0.2) is 0 Å². The first kappa shape index (κ1) is 14.3. The van der Waals surface area contributed by atoms with Gasteiger partial charge in [-0.15, -0.1) is 0 Å². The monoisotopic (exact) mass is 344 g/mol. The SMILES string of the molecule is Clc1ccc(C(Cl)(Cl)Cl)c(Cl)c1C(Cl)Cl. The number of alkyl halides is 5. The Bertz CT molecular complexity index is 366. The van der Waals surface area contributed by atoms with Gasteiger partial charge in [0.25, 0.3) is 0 Å². The molecule has 0 amide bonds. The minimum absolute atomic E-state index is 0.164. The Morgan fingerprint density at radius 3 is 1.93 bits per heavy atom. The van der Waals surface area contributed by atoms with Gasteiger partial charge in [0.15, 0.2) is 0 Å². The molecule has 0 nitrogen and oxygen atoms in total. The highest BCUT2D eigenvalue weighted by Gasteiger charge is 2.29. The van der Waals surface area contributed by atoms with Gasteiger partial charge in [-0.1, -0.05) is 87.3 Å². The van der Waals surface area contributed by atoms with Crippen LogP contribution in [0, 0.1) is 0 Å². The molecule has 0 saturated carbocycles. The van der Waals surface area contributed by atoms with Crippen LogP contribution in [0.1, 0.15) is 16.0 Å². The third-order valence-electron chi connectivity index (χ3n) is 1.65. The molecule has 0 aromatic heterocycles. The van der Waals surface area contributed by atoms with E-state index < -0.39 is 8.63 Å². The predicted molar refractivity (Wildman–Crippen MR) is 70.1 cm³/mol. The van der Waals surface area contributed by atoms with Crippen LogP contribution >= 0.6 is 81.2 Å². The zero-order valence-electron chi connectivity index (χ0n) is 6.88. The van der Waals surface area contributed by atoms with Crippen molar-refractivity contribution in [3.8, 4) is 0 Å². The normalized spacial score (nSPS) is 12.3. The first-order valence-electron chi connectivity index (χ1n) is 3.58. The summed E-state index contributed by atoms with van der Waals surface area (Å²) in [6.07, 6.45) is 0. The molecule has 0 unspecified atom stereocenters. The van der Waals surface area contributed by atoms with Crippen LogP contribution in [0.4, 0.5) is 0 Å². The lowest BCUT2D eigenvalue weighted by Crippen LogP contribution is -2.03. The molecule has 0 N–H and O–H groups in total. The van der Waals surface area contributed by atoms with Crippen molar-refractivity contribution >= 4 is 81.2 Å². The van der Waals surface area contributed by atoms with Gasteiger partial charge < -0.3 is 0 Å². The number of rotatable bonds is 1. The molecular formula is C8H3Cl7. The van der Waals surface area contributed by atoms with Crippen LogP contribution in [0.15, 0.2) is 12.1 Å². The summed E-state index contributed by atoms with van der Waals surface area (Å²) in [5, 5.41) is 0.491. The molecule has 0 spiro atoms. The Kier molecular flexibility index (Phi) is 5.02. The zero-order valence-corrected chi connectivity index (χ0v) is 12.2. The highest BCUT2D eigenvalue weighted by Crippen LogP contribution is 2.47. The third kappa shape index (κ3) is 3.35. The summed E-state index contributed by atoms with van der Waals surface area (Å²) in [7, 11) is 0. The van der Waals surface area contributed by atoms with E-state index in [1.54, 1.807) is 0 Å². The molecular weight excluding hydrogens is 344 g/mol. The average molecular weight is 347 g/mol. The maximum absolute atomic E-state index is 5.99. The fourth-order valence-electron chi connectivity index (χ4n) is 0.988. The summed E-state index contributed by atoms with van der Waals surface area (Å²) in [6, 6.07) is 3.04. The number of halogens is 7. The molecule has 0 fully saturated rings. The van der Waals surface area contributed by atoms with Crippen molar-refractivity contribution in [3.63, 3.8) is 0 Å². The lowest BCUT2D eigenvalue weighted by atomic mass is 10.1. The van der Waals surface area contributed by atoms with Crippen molar-refractivity contribution in [2.75, 3.05) is 0 Å². The van der Waals surface area contributed by atoms with Gasteiger partial charge >= 0.3 is 0 Å². The van der Waals surface area contributed by atoms with Crippen LogP contribution in [-0.4, -0.2) is 0 Å². The van der Waals surface area contributed by atoms with E-state index in [4.69, 9.17) is 81.2 Å². The largest absolute Gasteiger partial charge is 0.217 e. The Morgan fingerprint density at radius 2 is 1.53 bits per heavy atom. The van der Waals surface area contributed by atoms with Gasteiger partial charge in [0, 0.05) is 16.1 Å². The van der Waals surface area contributed by atoms with E-state index in [0.29, 0.717) is 16.1 Å². The maximum Gasteiger partial charge on any atom is 0.217 e. The molecule has 0 heterocycles. The van der Waals surface area contributed by atoms with Gasteiger partial charge in [-0.05, 0) is 6.07 Å². The van der Waals surface area contributed by atoms with Crippen molar-refractivity contribution in [3.05, 3.63) is 33.3 Å². The molecule has 0 saturated heterocycles. The van der Waals surface area contributed by atoms with E-state index in [-0.39, 0.29) is 5.02 Å². The number of hydrogen-bond acceptors (Lipinski definition) is 0. The second-order valence-electron chi connectivity index (χ2n) is 2.62. The quantitative estimate of drug-likeness (QED) is 0.523. The van der Waals surface area contributed by atoms with Crippen molar-refractivity contribution in [1.82, 2.24) is 0 Å². The van der Waals surface area contributed by atoms with Gasteiger partial charge in [0.05, 0.1) is 5.02 Å². The summed E-state index contributed by atoms with van der Waals surface area (Å²) in [4.78, 5) is -0.878. The van der Waals surface area contributed by atoms with E-state index in [2.05, 4.69) is 0 Å². The second-order valence-corrected chi connectivity index (χ2v) is 6.78. The van der Waals surface area contributed by atoms with Crippen LogP contribution in [0.3, 0.4) is 0 Å². The molecule has 0 aliphatic heterocycles. The van der Waals surface area contributed by atoms with Crippen molar-refractivity contribution in [2.24, 2.45) is 0 Å². The number of benzene rings is 1. The van der Waals surface area contributed by atoms with E-state index >= 15 is 0 Å². The topological polar surface area (TPSA) is 0 Å². The Labute approximate surface area is 122 Å². The average Bonchev–Trinajstić information content (AvgIpc) is 2.00. The van der Waals surface area contributed by atoms with E-state index in [1.165, 1.54) is 12.1 Å². The van der Waals surface area contributed by atoms with Crippen LogP contribution < -0.4 is 0 Å². The molecule has 0 radical (unpaired) electrons. The molecule has 1 aromatic carbocycles. The molecule has 15 heavy (non-hydrogen) atoms. The van der Waals surface area contributed by atoms with Crippen molar-refractivity contribution in [2.45, 2.75) is 8.63 Å². The third-order valence-corrected chi connectivity index (χ3v) is 3.43. The molecule has 0 aliphatic carbocycles. The lowest BCUT2D eigenvalue weighted by molar-refractivity contribution is 1.20.